The van der Waals surface area contributed by atoms with Crippen LogP contribution in [0.1, 0.15) is 18.6 Å². The first-order valence-electron chi connectivity index (χ1n) is 5.37. The van der Waals surface area contributed by atoms with Gasteiger partial charge in [0.2, 0.25) is 0 Å². The molecule has 4 nitrogen and oxygen atoms in total. The third kappa shape index (κ3) is 2.73. The highest BCUT2D eigenvalue weighted by molar-refractivity contribution is 6.31. The van der Waals surface area contributed by atoms with Gasteiger partial charge in [0.25, 0.3) is 5.88 Å². The lowest BCUT2D eigenvalue weighted by Crippen LogP contribution is -2.10. The molecule has 0 spiro atoms. The number of benzene rings is 1. The SMILES string of the molecule is CC(Oc1nccnc1N)c1c(F)ccc(F)c1Cl. The zero-order valence-corrected chi connectivity index (χ0v) is 10.7. The number of ether oxygens (including phenoxy) is 1. The zero-order valence-electron chi connectivity index (χ0n) is 9.90. The maximum absolute atomic E-state index is 13.7. The number of rotatable bonds is 3. The average molecular weight is 286 g/mol. The number of hydrogen-bond acceptors (Lipinski definition) is 4. The van der Waals surface area contributed by atoms with Crippen molar-refractivity contribution in [3.63, 3.8) is 0 Å². The van der Waals surface area contributed by atoms with Crippen molar-refractivity contribution in [3.05, 3.63) is 46.7 Å². The van der Waals surface area contributed by atoms with Crippen LogP contribution in [0.4, 0.5) is 14.6 Å². The van der Waals surface area contributed by atoms with Crippen molar-refractivity contribution < 1.29 is 13.5 Å². The Balaban J connectivity index is 2.33. The number of halogens is 3. The number of aromatic nitrogens is 2. The van der Waals surface area contributed by atoms with Gasteiger partial charge in [-0.15, -0.1) is 0 Å². The molecule has 2 aromatic rings. The minimum absolute atomic E-state index is 0.0368. The molecule has 0 aliphatic rings. The Morgan fingerprint density at radius 1 is 1.21 bits per heavy atom. The summed E-state index contributed by atoms with van der Waals surface area (Å²) in [6.07, 6.45) is 1.91. The van der Waals surface area contributed by atoms with Crippen LogP contribution in [0.25, 0.3) is 0 Å². The van der Waals surface area contributed by atoms with Crippen LogP contribution in [-0.2, 0) is 0 Å². The fourth-order valence-electron chi connectivity index (χ4n) is 1.57. The number of nitrogens with zero attached hydrogens (tertiary/aromatic N) is 2. The lowest BCUT2D eigenvalue weighted by Gasteiger charge is -2.17. The minimum Gasteiger partial charge on any atom is -0.467 e. The summed E-state index contributed by atoms with van der Waals surface area (Å²) in [4.78, 5) is 7.63. The van der Waals surface area contributed by atoms with Crippen molar-refractivity contribution in [1.82, 2.24) is 9.97 Å². The largest absolute Gasteiger partial charge is 0.467 e. The summed E-state index contributed by atoms with van der Waals surface area (Å²) in [5.41, 5.74) is 5.46. The summed E-state index contributed by atoms with van der Waals surface area (Å²) in [6, 6.07) is 1.93. The van der Waals surface area contributed by atoms with Crippen LogP contribution >= 0.6 is 11.6 Å². The van der Waals surface area contributed by atoms with Crippen molar-refractivity contribution in [2.75, 3.05) is 5.73 Å². The summed E-state index contributed by atoms with van der Waals surface area (Å²) in [5.74, 6) is -1.29. The highest BCUT2D eigenvalue weighted by atomic mass is 35.5. The van der Waals surface area contributed by atoms with E-state index in [-0.39, 0.29) is 22.3 Å². The normalized spacial score (nSPS) is 12.2. The molecule has 7 heteroatoms. The van der Waals surface area contributed by atoms with E-state index >= 15 is 0 Å². The Morgan fingerprint density at radius 3 is 2.53 bits per heavy atom. The second-order valence-electron chi connectivity index (χ2n) is 3.76. The first-order valence-corrected chi connectivity index (χ1v) is 5.75. The Morgan fingerprint density at radius 2 is 1.84 bits per heavy atom. The monoisotopic (exact) mass is 285 g/mol. The van der Waals surface area contributed by atoms with Crippen LogP contribution in [0.3, 0.4) is 0 Å². The van der Waals surface area contributed by atoms with Crippen molar-refractivity contribution in [1.29, 1.82) is 0 Å². The number of nitrogens with two attached hydrogens (primary N) is 1. The lowest BCUT2D eigenvalue weighted by molar-refractivity contribution is 0.212. The third-order valence-electron chi connectivity index (χ3n) is 2.47. The molecule has 1 heterocycles. The van der Waals surface area contributed by atoms with E-state index in [4.69, 9.17) is 22.1 Å². The number of anilines is 1. The highest BCUT2D eigenvalue weighted by Gasteiger charge is 2.20. The minimum atomic E-state index is -0.859. The number of nitrogen functional groups attached to an aromatic ring is 1. The summed E-state index contributed by atoms with van der Waals surface area (Å²) in [7, 11) is 0. The maximum atomic E-state index is 13.7. The number of hydrogen-bond donors (Lipinski definition) is 1. The lowest BCUT2D eigenvalue weighted by atomic mass is 10.1. The molecule has 1 aromatic heterocycles. The molecule has 0 amide bonds. The van der Waals surface area contributed by atoms with Gasteiger partial charge in [0.15, 0.2) is 5.82 Å². The van der Waals surface area contributed by atoms with Gasteiger partial charge in [0.05, 0.1) is 5.02 Å². The molecule has 1 atom stereocenters. The molecular weight excluding hydrogens is 276 g/mol. The van der Waals surface area contributed by atoms with Crippen LogP contribution in [0.2, 0.25) is 5.02 Å². The van der Waals surface area contributed by atoms with Gasteiger partial charge >= 0.3 is 0 Å². The predicted molar refractivity (Wildman–Crippen MR) is 66.9 cm³/mol. The Hall–Kier alpha value is -1.95. The smallest absolute Gasteiger partial charge is 0.257 e. The second kappa shape index (κ2) is 5.36. The van der Waals surface area contributed by atoms with Crippen molar-refractivity contribution in [2.24, 2.45) is 0 Å². The van der Waals surface area contributed by atoms with E-state index in [0.717, 1.165) is 12.1 Å². The van der Waals surface area contributed by atoms with E-state index in [1.54, 1.807) is 0 Å². The standard InChI is InChI=1S/C12H10ClF2N3O/c1-6(19-12-11(16)17-4-5-18-12)9-7(14)2-3-8(15)10(9)13/h2-6H,1H3,(H2,16,17). The summed E-state index contributed by atoms with van der Waals surface area (Å²) in [6.45, 7) is 1.51. The van der Waals surface area contributed by atoms with E-state index in [1.165, 1.54) is 19.3 Å². The molecule has 0 aliphatic carbocycles. The van der Waals surface area contributed by atoms with Gasteiger partial charge < -0.3 is 10.5 Å². The Labute approximate surface area is 113 Å². The summed E-state index contributed by atoms with van der Waals surface area (Å²) < 4.78 is 32.4. The van der Waals surface area contributed by atoms with Gasteiger partial charge in [-0.05, 0) is 19.1 Å². The first-order chi connectivity index (χ1) is 9.00. The molecule has 0 saturated heterocycles. The molecule has 0 aliphatic heterocycles. The average Bonchev–Trinajstić information content (AvgIpc) is 2.37. The Bertz CT molecular complexity index is 610. The van der Waals surface area contributed by atoms with Crippen LogP contribution in [0, 0.1) is 11.6 Å². The molecule has 0 bridgehead atoms. The fraction of sp³-hybridized carbons (Fsp3) is 0.167. The van der Waals surface area contributed by atoms with Gasteiger partial charge in [-0.25, -0.2) is 18.7 Å². The van der Waals surface area contributed by atoms with Gasteiger partial charge in [0.1, 0.15) is 17.7 Å². The van der Waals surface area contributed by atoms with Crippen molar-refractivity contribution >= 4 is 17.4 Å². The van der Waals surface area contributed by atoms with Crippen LogP contribution in [0.5, 0.6) is 5.88 Å². The van der Waals surface area contributed by atoms with Gasteiger partial charge in [-0.2, -0.15) is 0 Å². The molecular formula is C12H10ClF2N3O. The molecule has 19 heavy (non-hydrogen) atoms. The van der Waals surface area contributed by atoms with E-state index in [0.29, 0.717) is 0 Å². The zero-order chi connectivity index (χ0) is 14.0. The Kier molecular flexibility index (Phi) is 3.80. The van der Waals surface area contributed by atoms with Gasteiger partial charge in [0, 0.05) is 18.0 Å². The topological polar surface area (TPSA) is 61.0 Å². The van der Waals surface area contributed by atoms with E-state index in [2.05, 4.69) is 9.97 Å². The highest BCUT2D eigenvalue weighted by Crippen LogP contribution is 2.31. The molecule has 2 N–H and O–H groups in total. The first kappa shape index (κ1) is 13.5. The summed E-state index contributed by atoms with van der Waals surface area (Å²) in [5, 5.41) is -0.324. The van der Waals surface area contributed by atoms with E-state index < -0.39 is 17.7 Å². The van der Waals surface area contributed by atoms with Crippen molar-refractivity contribution in [3.8, 4) is 5.88 Å². The van der Waals surface area contributed by atoms with E-state index in [9.17, 15) is 8.78 Å². The maximum Gasteiger partial charge on any atom is 0.257 e. The van der Waals surface area contributed by atoms with Crippen LogP contribution in [-0.4, -0.2) is 9.97 Å². The molecule has 0 fully saturated rings. The van der Waals surface area contributed by atoms with Crippen LogP contribution in [0.15, 0.2) is 24.5 Å². The van der Waals surface area contributed by atoms with Gasteiger partial charge in [-0.1, -0.05) is 11.6 Å². The van der Waals surface area contributed by atoms with Crippen LogP contribution < -0.4 is 10.5 Å². The third-order valence-corrected chi connectivity index (χ3v) is 2.85. The second-order valence-corrected chi connectivity index (χ2v) is 4.14. The van der Waals surface area contributed by atoms with E-state index in [1.807, 2.05) is 0 Å². The molecule has 2 rings (SSSR count). The fourth-order valence-corrected chi connectivity index (χ4v) is 1.88. The molecule has 0 saturated carbocycles. The molecule has 1 aromatic carbocycles. The quantitative estimate of drug-likeness (QED) is 0.880. The predicted octanol–water partition coefficient (Wildman–Crippen LogP) is 3.13. The molecule has 1 unspecified atom stereocenters. The molecule has 100 valence electrons. The summed E-state index contributed by atoms with van der Waals surface area (Å²) >= 11 is 5.74. The van der Waals surface area contributed by atoms with Crippen molar-refractivity contribution in [2.45, 2.75) is 13.0 Å². The molecule has 0 radical (unpaired) electrons. The van der Waals surface area contributed by atoms with Gasteiger partial charge in [-0.3, -0.25) is 0 Å².